The molecule has 0 aromatic carbocycles. The monoisotopic (exact) mass is 390 g/mol. The van der Waals surface area contributed by atoms with Crippen molar-refractivity contribution >= 4 is 97.8 Å². The Morgan fingerprint density at radius 3 is 0.750 bits per heavy atom. The second-order valence-electron chi connectivity index (χ2n) is 0. The first kappa shape index (κ1) is 24.7. The van der Waals surface area contributed by atoms with E-state index in [0.29, 0.717) is 0 Å². The van der Waals surface area contributed by atoms with E-state index in [1.165, 1.54) is 0 Å². The van der Waals surface area contributed by atoms with Crippen LogP contribution in [0.4, 0.5) is 0 Å². The van der Waals surface area contributed by atoms with Gasteiger partial charge < -0.3 is 29.4 Å². The van der Waals surface area contributed by atoms with E-state index in [0.717, 1.165) is 0 Å². The van der Waals surface area contributed by atoms with Gasteiger partial charge in [0.05, 0.1) is 0 Å². The molecule has 0 unspecified atom stereocenters. The standard InChI is InChI=1S/2Ba.BrH.ClH/h;;2*1H/q2*+2;;/p-2. The summed E-state index contributed by atoms with van der Waals surface area (Å²) < 4.78 is 0. The molecular formula is Ba2BrCl+2. The van der Waals surface area contributed by atoms with Crippen LogP contribution in [-0.4, -0.2) is 97.8 Å². The van der Waals surface area contributed by atoms with Crippen molar-refractivity contribution in [2.75, 3.05) is 0 Å². The van der Waals surface area contributed by atoms with Gasteiger partial charge in [-0.15, -0.1) is 0 Å². The zero-order chi connectivity index (χ0) is 0. The minimum atomic E-state index is 0. The molecule has 0 amide bonds. The molecule has 0 atom stereocenters. The Hall–Kier alpha value is 3.91. The van der Waals surface area contributed by atoms with Gasteiger partial charge in [0.1, 0.15) is 0 Å². The fraction of sp³-hybridized carbons (Fsp3) is 0. The zero-order valence-corrected chi connectivity index (χ0v) is 13.4. The molecule has 0 aromatic rings. The Morgan fingerprint density at radius 1 is 0.750 bits per heavy atom. The molecule has 0 nitrogen and oxygen atoms in total. The van der Waals surface area contributed by atoms with Crippen molar-refractivity contribution < 1.29 is 29.4 Å². The second-order valence-corrected chi connectivity index (χ2v) is 0. The summed E-state index contributed by atoms with van der Waals surface area (Å²) in [5, 5.41) is 0. The van der Waals surface area contributed by atoms with Gasteiger partial charge in [0.15, 0.2) is 0 Å². The summed E-state index contributed by atoms with van der Waals surface area (Å²) in [7, 11) is 0. The summed E-state index contributed by atoms with van der Waals surface area (Å²) in [6.45, 7) is 0. The SMILES string of the molecule is [Ba+2].[Ba+2].[Br-].[Cl-]. The van der Waals surface area contributed by atoms with Crippen molar-refractivity contribution in [2.45, 2.75) is 0 Å². The smallest absolute Gasteiger partial charge is 1.00 e. The Balaban J connectivity index is 0. The van der Waals surface area contributed by atoms with E-state index in [2.05, 4.69) is 0 Å². The van der Waals surface area contributed by atoms with E-state index in [9.17, 15) is 0 Å². The number of halogens is 2. The molecule has 4 heavy (non-hydrogen) atoms. The minimum Gasteiger partial charge on any atom is -1.00 e. The Morgan fingerprint density at radius 2 is 0.750 bits per heavy atom. The van der Waals surface area contributed by atoms with Gasteiger partial charge in [-0.25, -0.2) is 0 Å². The first-order valence-electron chi connectivity index (χ1n) is 0. The van der Waals surface area contributed by atoms with E-state index in [1.54, 1.807) is 0 Å². The molecule has 0 N–H and O–H groups in total. The molecule has 0 aliphatic rings. The van der Waals surface area contributed by atoms with Gasteiger partial charge >= 0.3 is 97.8 Å². The number of rotatable bonds is 0. The van der Waals surface area contributed by atoms with Crippen molar-refractivity contribution in [2.24, 2.45) is 0 Å². The summed E-state index contributed by atoms with van der Waals surface area (Å²) in [5.41, 5.74) is 0. The average molecular weight is 390 g/mol. The summed E-state index contributed by atoms with van der Waals surface area (Å²) in [5.74, 6) is 0. The molecule has 0 aliphatic heterocycles. The van der Waals surface area contributed by atoms with Gasteiger partial charge in [0.2, 0.25) is 0 Å². The molecule has 0 heterocycles. The molecule has 16 valence electrons. The Kier molecular flexibility index (Phi) is 97.5. The van der Waals surface area contributed by atoms with Crippen molar-refractivity contribution in [1.29, 1.82) is 0 Å². The third kappa shape index (κ3) is 9.32. The van der Waals surface area contributed by atoms with Crippen molar-refractivity contribution in [3.8, 4) is 0 Å². The predicted octanol–water partition coefficient (Wildman–Crippen LogP) is -6.75. The molecule has 0 aliphatic carbocycles. The average Bonchev–Trinajstić information content (AvgIpc) is 0. The summed E-state index contributed by atoms with van der Waals surface area (Å²) in [6, 6.07) is 0. The quantitative estimate of drug-likeness (QED) is 0.361. The third-order valence-corrected chi connectivity index (χ3v) is 0. The normalized spacial score (nSPS) is 0. The molecule has 0 aromatic heterocycles. The van der Waals surface area contributed by atoms with E-state index in [4.69, 9.17) is 0 Å². The summed E-state index contributed by atoms with van der Waals surface area (Å²) in [4.78, 5) is 0. The Labute approximate surface area is 123 Å². The summed E-state index contributed by atoms with van der Waals surface area (Å²) >= 11 is 0. The molecule has 0 bridgehead atoms. The van der Waals surface area contributed by atoms with Gasteiger partial charge in [0, 0.05) is 0 Å². The van der Waals surface area contributed by atoms with E-state index in [-0.39, 0.29) is 127 Å². The first-order chi connectivity index (χ1) is 0. The van der Waals surface area contributed by atoms with Crippen LogP contribution in [0, 0.1) is 0 Å². The molecule has 0 fully saturated rings. The molecule has 0 radical (unpaired) electrons. The fourth-order valence-electron chi connectivity index (χ4n) is 0. The van der Waals surface area contributed by atoms with Crippen LogP contribution < -0.4 is 29.4 Å². The summed E-state index contributed by atoms with van der Waals surface area (Å²) in [6.07, 6.45) is 0. The van der Waals surface area contributed by atoms with E-state index < -0.39 is 0 Å². The Bertz CT molecular complexity index is 6.00. The molecule has 4 heteroatoms. The maximum Gasteiger partial charge on any atom is 2.00 e. The van der Waals surface area contributed by atoms with Crippen molar-refractivity contribution in [3.63, 3.8) is 0 Å². The number of hydrogen-bond donors (Lipinski definition) is 0. The van der Waals surface area contributed by atoms with Crippen molar-refractivity contribution in [1.82, 2.24) is 0 Å². The van der Waals surface area contributed by atoms with Gasteiger partial charge in [-0.1, -0.05) is 0 Å². The van der Waals surface area contributed by atoms with Crippen LogP contribution in [0.25, 0.3) is 0 Å². The van der Waals surface area contributed by atoms with Crippen LogP contribution in [0.1, 0.15) is 0 Å². The van der Waals surface area contributed by atoms with Crippen LogP contribution in [0.3, 0.4) is 0 Å². The third-order valence-electron chi connectivity index (χ3n) is 0. The van der Waals surface area contributed by atoms with Crippen LogP contribution in [0.15, 0.2) is 0 Å². The van der Waals surface area contributed by atoms with Crippen LogP contribution in [-0.2, 0) is 0 Å². The largest absolute Gasteiger partial charge is 2.00 e. The zero-order valence-electron chi connectivity index (χ0n) is 2.17. The predicted molar refractivity (Wildman–Crippen MR) is 11.5 cm³/mol. The van der Waals surface area contributed by atoms with Crippen molar-refractivity contribution in [3.05, 3.63) is 0 Å². The van der Waals surface area contributed by atoms with E-state index >= 15 is 0 Å². The molecular weight excluding hydrogens is 390 g/mol. The van der Waals surface area contributed by atoms with Gasteiger partial charge in [-0.3, -0.25) is 0 Å². The molecule has 0 rings (SSSR count). The van der Waals surface area contributed by atoms with Gasteiger partial charge in [-0.05, 0) is 0 Å². The minimum absolute atomic E-state index is 0. The first-order valence-corrected chi connectivity index (χ1v) is 0. The molecule has 0 spiro atoms. The van der Waals surface area contributed by atoms with Crippen LogP contribution in [0.5, 0.6) is 0 Å². The van der Waals surface area contributed by atoms with E-state index in [1.807, 2.05) is 0 Å². The van der Waals surface area contributed by atoms with Crippen LogP contribution >= 0.6 is 0 Å². The van der Waals surface area contributed by atoms with Gasteiger partial charge in [0.25, 0.3) is 0 Å². The topological polar surface area (TPSA) is 0 Å². The second kappa shape index (κ2) is 15.8. The maximum absolute atomic E-state index is 0. The maximum atomic E-state index is 0. The fourth-order valence-corrected chi connectivity index (χ4v) is 0. The molecule has 0 saturated heterocycles. The molecule has 0 saturated carbocycles. The van der Waals surface area contributed by atoms with Gasteiger partial charge in [-0.2, -0.15) is 0 Å². The van der Waals surface area contributed by atoms with Crippen LogP contribution in [0.2, 0.25) is 0 Å². The number of hydrogen-bond acceptors (Lipinski definition) is 0.